The molecular weight excluding hydrogens is 704 g/mol. The molecule has 2 aliphatic heterocycles. The van der Waals surface area contributed by atoms with E-state index in [0.29, 0.717) is 5.56 Å². The normalized spacial score (nSPS) is 37.3. The molecule has 1 aliphatic carbocycles. The Labute approximate surface area is 304 Å². The lowest BCUT2D eigenvalue weighted by molar-refractivity contribution is -0.333. The van der Waals surface area contributed by atoms with Gasteiger partial charge in [0.25, 0.3) is 0 Å². The third-order valence-electron chi connectivity index (χ3n) is 9.38. The summed E-state index contributed by atoms with van der Waals surface area (Å²) in [5.74, 6) is 0. The molecule has 294 valence electrons. The Morgan fingerprint density at radius 1 is 0.679 bits per heavy atom. The molecule has 13 N–H and O–H groups in total. The molecule has 3 fully saturated rings. The minimum absolute atomic E-state index is 0.0446. The fourth-order valence-electron chi connectivity index (χ4n) is 6.35. The van der Waals surface area contributed by atoms with Gasteiger partial charge in [-0.25, -0.2) is 9.59 Å². The van der Waals surface area contributed by atoms with Gasteiger partial charge in [0, 0.05) is 12.6 Å². The summed E-state index contributed by atoms with van der Waals surface area (Å²) in [6.45, 7) is -1.21. The third-order valence-corrected chi connectivity index (χ3v) is 9.38. The number of aliphatic hydroxyl groups is 7. The van der Waals surface area contributed by atoms with Gasteiger partial charge in [0.2, 0.25) is 0 Å². The average Bonchev–Trinajstić information content (AvgIpc) is 3.16. The zero-order chi connectivity index (χ0) is 38.2. The van der Waals surface area contributed by atoms with Crippen LogP contribution < -0.4 is 22.1 Å². The van der Waals surface area contributed by atoms with Crippen molar-refractivity contribution in [2.75, 3.05) is 13.2 Å². The molecule has 53 heavy (non-hydrogen) atoms. The first-order chi connectivity index (χ1) is 25.4. The fraction of sp³-hybridized carbons (Fsp3) is 0.588. The second kappa shape index (κ2) is 18.7. The van der Waals surface area contributed by atoms with Crippen LogP contribution in [0, 0.1) is 0 Å². The van der Waals surface area contributed by atoms with Gasteiger partial charge in [-0.1, -0.05) is 60.7 Å². The highest BCUT2D eigenvalue weighted by atomic mass is 16.7. The van der Waals surface area contributed by atoms with Crippen LogP contribution in [0.15, 0.2) is 60.7 Å². The van der Waals surface area contributed by atoms with Crippen molar-refractivity contribution in [2.45, 2.75) is 111 Å². The Kier molecular flexibility index (Phi) is 14.3. The molecule has 1 saturated carbocycles. The number of nitrogens with one attached hydrogen (secondary N) is 2. The van der Waals surface area contributed by atoms with Gasteiger partial charge in [-0.15, -0.1) is 0 Å². The van der Waals surface area contributed by atoms with E-state index in [9.17, 15) is 45.3 Å². The predicted octanol–water partition coefficient (Wildman–Crippen LogP) is -3.36. The van der Waals surface area contributed by atoms with Crippen molar-refractivity contribution in [1.82, 2.24) is 10.6 Å². The van der Waals surface area contributed by atoms with E-state index in [-0.39, 0.29) is 19.6 Å². The van der Waals surface area contributed by atoms with Gasteiger partial charge >= 0.3 is 12.2 Å². The van der Waals surface area contributed by atoms with Gasteiger partial charge < -0.3 is 86.3 Å². The number of amides is 2. The van der Waals surface area contributed by atoms with Gasteiger partial charge in [-0.3, -0.25) is 0 Å². The Balaban J connectivity index is 1.29. The molecule has 3 aliphatic rings. The number of carbonyl (C=O) groups is 2. The second-order valence-corrected chi connectivity index (χ2v) is 13.1. The Morgan fingerprint density at radius 3 is 1.83 bits per heavy atom. The number of rotatable bonds is 12. The van der Waals surface area contributed by atoms with Crippen molar-refractivity contribution < 1.29 is 73.8 Å². The quantitative estimate of drug-likeness (QED) is 0.101. The summed E-state index contributed by atoms with van der Waals surface area (Å²) >= 11 is 0. The maximum Gasteiger partial charge on any atom is 0.407 e. The van der Waals surface area contributed by atoms with E-state index in [1.807, 2.05) is 0 Å². The zero-order valence-corrected chi connectivity index (χ0v) is 28.5. The van der Waals surface area contributed by atoms with Crippen LogP contribution in [-0.4, -0.2) is 153 Å². The van der Waals surface area contributed by atoms with E-state index >= 15 is 0 Å². The standard InChI is InChI=1S/C34H48N4O15/c35-18-11-19(38-34(47)49-15-17-9-5-2-6-10-17)30(28(45)29(18)52-31-25(42)22(36)23(40)21(13-39)51-31)53-32-27(44)26(43)24(41)20(50-32)12-37-33(46)48-14-16-7-3-1-4-8-16/h1-10,18-32,39-45H,11-15,35-36H2,(H,37,46)(H,38,47)/t18-,19?,20?,21-,22-,23?,24-,25-,26+,27?,28-,29?,30-,31?,32-/m1/s1. The number of benzene rings is 2. The van der Waals surface area contributed by atoms with E-state index in [4.69, 9.17) is 39.9 Å². The maximum atomic E-state index is 13.0. The predicted molar refractivity (Wildman–Crippen MR) is 179 cm³/mol. The van der Waals surface area contributed by atoms with Crippen molar-refractivity contribution in [3.63, 3.8) is 0 Å². The van der Waals surface area contributed by atoms with Crippen LogP contribution >= 0.6 is 0 Å². The van der Waals surface area contributed by atoms with Crippen molar-refractivity contribution in [3.05, 3.63) is 71.8 Å². The fourth-order valence-corrected chi connectivity index (χ4v) is 6.35. The number of carbonyl (C=O) groups excluding carboxylic acids is 2. The largest absolute Gasteiger partial charge is 0.445 e. The molecule has 15 atom stereocenters. The molecule has 2 amide bonds. The van der Waals surface area contributed by atoms with Crippen LogP contribution in [0.3, 0.4) is 0 Å². The highest BCUT2D eigenvalue weighted by Gasteiger charge is 2.52. The molecule has 0 radical (unpaired) electrons. The molecule has 19 heteroatoms. The Morgan fingerprint density at radius 2 is 1.23 bits per heavy atom. The number of nitrogens with two attached hydrogens (primary N) is 2. The van der Waals surface area contributed by atoms with Crippen molar-refractivity contribution in [3.8, 4) is 0 Å². The van der Waals surface area contributed by atoms with Crippen molar-refractivity contribution in [2.24, 2.45) is 11.5 Å². The van der Waals surface area contributed by atoms with E-state index < -0.39 is 117 Å². The van der Waals surface area contributed by atoms with Crippen molar-refractivity contribution >= 4 is 12.2 Å². The number of ether oxygens (including phenoxy) is 6. The van der Waals surface area contributed by atoms with Crippen LogP contribution in [0.1, 0.15) is 17.5 Å². The van der Waals surface area contributed by atoms with Gasteiger partial charge in [0.1, 0.15) is 74.3 Å². The number of alkyl carbamates (subject to hydrolysis) is 2. The zero-order valence-electron chi connectivity index (χ0n) is 28.5. The minimum Gasteiger partial charge on any atom is -0.445 e. The van der Waals surface area contributed by atoms with E-state index in [1.54, 1.807) is 60.7 Å². The molecule has 0 aromatic heterocycles. The topological polar surface area (TPSA) is 307 Å². The summed E-state index contributed by atoms with van der Waals surface area (Å²) < 4.78 is 33.7. The molecule has 2 aromatic rings. The van der Waals surface area contributed by atoms with Crippen LogP contribution in [0.4, 0.5) is 9.59 Å². The summed E-state index contributed by atoms with van der Waals surface area (Å²) in [7, 11) is 0. The highest BCUT2D eigenvalue weighted by Crippen LogP contribution is 2.32. The third kappa shape index (κ3) is 10.2. The van der Waals surface area contributed by atoms with Crippen LogP contribution in [0.2, 0.25) is 0 Å². The van der Waals surface area contributed by atoms with Crippen LogP contribution in [0.5, 0.6) is 0 Å². The van der Waals surface area contributed by atoms with Crippen molar-refractivity contribution in [1.29, 1.82) is 0 Å². The lowest BCUT2D eigenvalue weighted by Crippen LogP contribution is -2.69. The Hall–Kier alpha value is -3.54. The smallest absolute Gasteiger partial charge is 0.407 e. The minimum atomic E-state index is -1.90. The number of aliphatic hydroxyl groups excluding tert-OH is 7. The highest BCUT2D eigenvalue weighted by molar-refractivity contribution is 5.68. The van der Waals surface area contributed by atoms with Crippen LogP contribution in [0.25, 0.3) is 0 Å². The summed E-state index contributed by atoms with van der Waals surface area (Å²) in [5, 5.41) is 79.6. The first kappa shape index (κ1) is 40.6. The lowest BCUT2D eigenvalue weighted by Gasteiger charge is -2.48. The molecule has 6 unspecified atom stereocenters. The Bertz CT molecular complexity index is 1450. The first-order valence-electron chi connectivity index (χ1n) is 17.1. The van der Waals surface area contributed by atoms with Gasteiger partial charge in [0.05, 0.1) is 18.7 Å². The number of hydrogen-bond acceptors (Lipinski definition) is 17. The van der Waals surface area contributed by atoms with Gasteiger partial charge in [-0.2, -0.15) is 0 Å². The lowest BCUT2D eigenvalue weighted by atomic mass is 9.83. The van der Waals surface area contributed by atoms with E-state index in [1.165, 1.54) is 0 Å². The summed E-state index contributed by atoms with van der Waals surface area (Å²) in [5.41, 5.74) is 13.7. The average molecular weight is 753 g/mol. The monoisotopic (exact) mass is 752 g/mol. The summed E-state index contributed by atoms with van der Waals surface area (Å²) in [4.78, 5) is 25.3. The molecule has 0 bridgehead atoms. The van der Waals surface area contributed by atoms with E-state index in [0.717, 1.165) is 5.56 Å². The first-order valence-corrected chi connectivity index (χ1v) is 17.1. The summed E-state index contributed by atoms with van der Waals surface area (Å²) in [6, 6.07) is 14.1. The molecule has 2 aromatic carbocycles. The second-order valence-electron chi connectivity index (χ2n) is 13.1. The molecule has 19 nitrogen and oxygen atoms in total. The molecule has 2 heterocycles. The summed E-state index contributed by atoms with van der Waals surface area (Å²) in [6.07, 6.45) is -21.1. The van der Waals surface area contributed by atoms with Crippen LogP contribution in [-0.2, 0) is 41.6 Å². The molecule has 2 saturated heterocycles. The molecule has 0 spiro atoms. The van der Waals surface area contributed by atoms with Gasteiger partial charge in [-0.05, 0) is 17.5 Å². The van der Waals surface area contributed by atoms with Gasteiger partial charge in [0.15, 0.2) is 12.6 Å². The SMILES string of the molecule is N[C@@H]1CC(NC(=O)OCc2ccccc2)[C@@H](O[C@H]2OC(CNC(=O)OCc3ccccc3)[C@@H](O)[C@H](O)C2O)[C@H](O)C1OC1O[C@H](CO)C(O)[C@@H](N)[C@H]1O. The molecule has 5 rings (SSSR count). The van der Waals surface area contributed by atoms with E-state index in [2.05, 4.69) is 10.6 Å². The maximum absolute atomic E-state index is 13.0. The number of hydrogen-bond donors (Lipinski definition) is 11. The molecular formula is C34H48N4O15.